The van der Waals surface area contributed by atoms with E-state index in [1.165, 1.54) is 0 Å². The third-order valence-electron chi connectivity index (χ3n) is 2.16. The van der Waals surface area contributed by atoms with Crippen molar-refractivity contribution in [2.24, 2.45) is 0 Å². The Kier molecular flexibility index (Phi) is 4.44. The Hall–Kier alpha value is -1.91. The maximum Gasteiger partial charge on any atom is 0.314 e. The molecule has 0 heterocycles. The Bertz CT molecular complexity index is 366. The summed E-state index contributed by atoms with van der Waals surface area (Å²) < 4.78 is 10.3. The van der Waals surface area contributed by atoms with E-state index in [0.29, 0.717) is 12.3 Å². The molecule has 0 saturated carbocycles. The van der Waals surface area contributed by atoms with E-state index in [2.05, 4.69) is 10.6 Å². The molecule has 5 heteroatoms. The van der Waals surface area contributed by atoms with Crippen LogP contribution >= 0.6 is 0 Å². The molecule has 16 heavy (non-hydrogen) atoms. The number of benzene rings is 1. The lowest BCUT2D eigenvalue weighted by atomic mass is 10.2. The van der Waals surface area contributed by atoms with Gasteiger partial charge in [-0.3, -0.25) is 0 Å². The molecule has 0 aliphatic rings. The van der Waals surface area contributed by atoms with Gasteiger partial charge < -0.3 is 20.1 Å². The van der Waals surface area contributed by atoms with Crippen LogP contribution in [0.1, 0.15) is 5.56 Å². The number of hydrogen-bond acceptors (Lipinski definition) is 3. The molecule has 0 unspecified atom stereocenters. The van der Waals surface area contributed by atoms with Gasteiger partial charge in [0.15, 0.2) is 0 Å². The van der Waals surface area contributed by atoms with E-state index < -0.39 is 0 Å². The van der Waals surface area contributed by atoms with Gasteiger partial charge in [0.1, 0.15) is 11.5 Å². The summed E-state index contributed by atoms with van der Waals surface area (Å²) in [6.45, 7) is 0.410. The topological polar surface area (TPSA) is 59.6 Å². The van der Waals surface area contributed by atoms with Crippen molar-refractivity contribution in [1.82, 2.24) is 10.6 Å². The largest absolute Gasteiger partial charge is 0.497 e. The highest BCUT2D eigenvalue weighted by Gasteiger charge is 2.05. The van der Waals surface area contributed by atoms with E-state index in [1.807, 2.05) is 12.1 Å². The number of carbonyl (C=O) groups excluding carboxylic acids is 1. The minimum Gasteiger partial charge on any atom is -0.497 e. The zero-order valence-corrected chi connectivity index (χ0v) is 9.66. The quantitative estimate of drug-likeness (QED) is 0.806. The molecule has 0 aliphatic carbocycles. The second-order valence-electron chi connectivity index (χ2n) is 3.11. The van der Waals surface area contributed by atoms with Crippen molar-refractivity contribution in [3.8, 4) is 11.5 Å². The molecule has 0 saturated heterocycles. The van der Waals surface area contributed by atoms with Crippen LogP contribution in [0.4, 0.5) is 4.79 Å². The molecule has 0 fully saturated rings. The van der Waals surface area contributed by atoms with Crippen LogP contribution in [-0.2, 0) is 6.54 Å². The van der Waals surface area contributed by atoms with Crippen LogP contribution in [0.2, 0.25) is 0 Å². The van der Waals surface area contributed by atoms with Crippen LogP contribution in [0, 0.1) is 0 Å². The van der Waals surface area contributed by atoms with Crippen LogP contribution < -0.4 is 20.1 Å². The minimum atomic E-state index is -0.224. The number of carbonyl (C=O) groups is 1. The summed E-state index contributed by atoms with van der Waals surface area (Å²) in [6, 6.07) is 5.23. The lowest BCUT2D eigenvalue weighted by Gasteiger charge is -2.11. The van der Waals surface area contributed by atoms with E-state index in [1.54, 1.807) is 27.3 Å². The van der Waals surface area contributed by atoms with Crippen LogP contribution in [0.15, 0.2) is 18.2 Å². The highest BCUT2D eigenvalue weighted by atomic mass is 16.5. The third kappa shape index (κ3) is 3.05. The average Bonchev–Trinajstić information content (AvgIpc) is 2.35. The fourth-order valence-electron chi connectivity index (χ4n) is 1.26. The first-order valence-electron chi connectivity index (χ1n) is 4.87. The molecule has 0 atom stereocenters. The molecule has 0 aliphatic heterocycles. The summed E-state index contributed by atoms with van der Waals surface area (Å²) >= 11 is 0. The molecule has 5 nitrogen and oxygen atoms in total. The second-order valence-corrected chi connectivity index (χ2v) is 3.11. The smallest absolute Gasteiger partial charge is 0.314 e. The third-order valence-corrected chi connectivity index (χ3v) is 2.16. The average molecular weight is 224 g/mol. The van der Waals surface area contributed by atoms with E-state index >= 15 is 0 Å². The number of methoxy groups -OCH3 is 2. The molecular weight excluding hydrogens is 208 g/mol. The maximum atomic E-state index is 11.0. The Labute approximate surface area is 94.7 Å². The van der Waals surface area contributed by atoms with Crippen molar-refractivity contribution >= 4 is 6.03 Å². The van der Waals surface area contributed by atoms with E-state index in [-0.39, 0.29) is 6.03 Å². The fraction of sp³-hybridized carbons (Fsp3) is 0.364. The summed E-state index contributed by atoms with van der Waals surface area (Å²) in [5.74, 6) is 1.41. The molecular formula is C11H16N2O3. The van der Waals surface area contributed by atoms with Gasteiger partial charge in [0.25, 0.3) is 0 Å². The zero-order chi connectivity index (χ0) is 12.0. The van der Waals surface area contributed by atoms with E-state index in [0.717, 1.165) is 11.3 Å². The Morgan fingerprint density at radius 3 is 2.62 bits per heavy atom. The first-order chi connectivity index (χ1) is 7.71. The van der Waals surface area contributed by atoms with E-state index in [9.17, 15) is 4.79 Å². The van der Waals surface area contributed by atoms with Crippen molar-refractivity contribution in [2.75, 3.05) is 21.3 Å². The SMILES string of the molecule is CNC(=O)NCc1ccc(OC)cc1OC. The van der Waals surface area contributed by atoms with Gasteiger partial charge in [-0.25, -0.2) is 4.79 Å². The van der Waals surface area contributed by atoms with Gasteiger partial charge in [0, 0.05) is 25.2 Å². The standard InChI is InChI=1S/C11H16N2O3/c1-12-11(14)13-7-8-4-5-9(15-2)6-10(8)16-3/h4-6H,7H2,1-3H3,(H2,12,13,14). The predicted octanol–water partition coefficient (Wildman–Crippen LogP) is 1.13. The van der Waals surface area contributed by atoms with Gasteiger partial charge in [0.2, 0.25) is 0 Å². The maximum absolute atomic E-state index is 11.0. The fourth-order valence-corrected chi connectivity index (χ4v) is 1.26. The summed E-state index contributed by atoms with van der Waals surface area (Å²) in [4.78, 5) is 11.0. The van der Waals surface area contributed by atoms with Crippen molar-refractivity contribution in [3.63, 3.8) is 0 Å². The number of nitrogens with one attached hydrogen (secondary N) is 2. The predicted molar refractivity (Wildman–Crippen MR) is 60.8 cm³/mol. The molecule has 1 rings (SSSR count). The first-order valence-corrected chi connectivity index (χ1v) is 4.87. The van der Waals surface area contributed by atoms with Crippen molar-refractivity contribution in [2.45, 2.75) is 6.54 Å². The number of urea groups is 1. The van der Waals surface area contributed by atoms with Gasteiger partial charge in [-0.15, -0.1) is 0 Å². The number of rotatable bonds is 4. The van der Waals surface area contributed by atoms with Crippen molar-refractivity contribution < 1.29 is 14.3 Å². The summed E-state index contributed by atoms with van der Waals surface area (Å²) in [5.41, 5.74) is 0.895. The molecule has 2 amide bonds. The van der Waals surface area contributed by atoms with Gasteiger partial charge in [0.05, 0.1) is 14.2 Å². The molecule has 0 aromatic heterocycles. The zero-order valence-electron chi connectivity index (χ0n) is 9.66. The summed E-state index contributed by atoms with van der Waals surface area (Å²) in [5, 5.41) is 5.17. The molecule has 88 valence electrons. The van der Waals surface area contributed by atoms with Crippen LogP contribution in [0.25, 0.3) is 0 Å². The second kappa shape index (κ2) is 5.85. The monoisotopic (exact) mass is 224 g/mol. The molecule has 0 radical (unpaired) electrons. The highest BCUT2D eigenvalue weighted by molar-refractivity contribution is 5.73. The lowest BCUT2D eigenvalue weighted by molar-refractivity contribution is 0.242. The Morgan fingerprint density at radius 1 is 1.31 bits per heavy atom. The number of ether oxygens (including phenoxy) is 2. The van der Waals surface area contributed by atoms with Gasteiger partial charge in [-0.05, 0) is 12.1 Å². The van der Waals surface area contributed by atoms with Crippen molar-refractivity contribution in [3.05, 3.63) is 23.8 Å². The first kappa shape index (κ1) is 12.2. The lowest BCUT2D eigenvalue weighted by Crippen LogP contribution is -2.32. The minimum absolute atomic E-state index is 0.224. The molecule has 1 aromatic rings. The summed E-state index contributed by atoms with van der Waals surface area (Å²) in [7, 11) is 4.75. The van der Waals surface area contributed by atoms with E-state index in [4.69, 9.17) is 9.47 Å². The Balaban J connectivity index is 2.75. The normalized spacial score (nSPS) is 9.44. The molecule has 1 aromatic carbocycles. The van der Waals surface area contributed by atoms with Crippen molar-refractivity contribution in [1.29, 1.82) is 0 Å². The van der Waals surface area contributed by atoms with Gasteiger partial charge >= 0.3 is 6.03 Å². The van der Waals surface area contributed by atoms with Crippen LogP contribution in [0.3, 0.4) is 0 Å². The Morgan fingerprint density at radius 2 is 2.06 bits per heavy atom. The molecule has 0 bridgehead atoms. The summed E-state index contributed by atoms with van der Waals surface area (Å²) in [6.07, 6.45) is 0. The molecule has 0 spiro atoms. The number of amides is 2. The van der Waals surface area contributed by atoms with Gasteiger partial charge in [-0.1, -0.05) is 0 Å². The highest BCUT2D eigenvalue weighted by Crippen LogP contribution is 2.24. The van der Waals surface area contributed by atoms with Gasteiger partial charge in [-0.2, -0.15) is 0 Å². The van der Waals surface area contributed by atoms with Crippen LogP contribution in [0.5, 0.6) is 11.5 Å². The number of hydrogen-bond donors (Lipinski definition) is 2. The molecule has 2 N–H and O–H groups in total. The van der Waals surface area contributed by atoms with Crippen LogP contribution in [-0.4, -0.2) is 27.3 Å².